The lowest BCUT2D eigenvalue weighted by atomic mass is 10.2. The molecule has 2 N–H and O–H groups in total. The van der Waals surface area contributed by atoms with Crippen molar-refractivity contribution in [1.82, 2.24) is 5.32 Å². The number of hydrogen-bond acceptors (Lipinski definition) is 4. The van der Waals surface area contributed by atoms with Crippen LogP contribution in [0.2, 0.25) is 0 Å². The first-order valence-corrected chi connectivity index (χ1v) is 5.61. The Balaban J connectivity index is 2.75. The molecule has 6 heteroatoms. The van der Waals surface area contributed by atoms with E-state index in [9.17, 15) is 10.1 Å². The minimum Gasteiger partial charge on any atom is -0.392 e. The molecular formula is C10H13BrN2O3. The lowest BCUT2D eigenvalue weighted by molar-refractivity contribution is -0.385. The van der Waals surface area contributed by atoms with Crippen LogP contribution in [0.1, 0.15) is 12.5 Å². The molecule has 0 bridgehead atoms. The Labute approximate surface area is 102 Å². The molecule has 0 aromatic heterocycles. The van der Waals surface area contributed by atoms with Gasteiger partial charge in [-0.15, -0.1) is 0 Å². The van der Waals surface area contributed by atoms with Gasteiger partial charge in [0.25, 0.3) is 5.69 Å². The Morgan fingerprint density at radius 1 is 1.62 bits per heavy atom. The first-order valence-electron chi connectivity index (χ1n) is 4.82. The van der Waals surface area contributed by atoms with E-state index in [1.54, 1.807) is 19.1 Å². The van der Waals surface area contributed by atoms with E-state index < -0.39 is 11.0 Å². The second kappa shape index (κ2) is 5.93. The SMILES string of the molecule is CC(O)CNCc1ccc(Br)cc1[N+](=O)[O-]. The third kappa shape index (κ3) is 3.88. The van der Waals surface area contributed by atoms with Crippen molar-refractivity contribution < 1.29 is 10.0 Å². The highest BCUT2D eigenvalue weighted by atomic mass is 79.9. The monoisotopic (exact) mass is 288 g/mol. The molecule has 5 nitrogen and oxygen atoms in total. The van der Waals surface area contributed by atoms with Gasteiger partial charge in [0, 0.05) is 29.2 Å². The highest BCUT2D eigenvalue weighted by Gasteiger charge is 2.13. The Kier molecular flexibility index (Phi) is 4.85. The molecule has 1 rings (SSSR count). The number of hydrogen-bond donors (Lipinski definition) is 2. The molecule has 88 valence electrons. The average Bonchev–Trinajstić information content (AvgIpc) is 2.19. The van der Waals surface area contributed by atoms with Crippen LogP contribution in [0, 0.1) is 10.1 Å². The van der Waals surface area contributed by atoms with E-state index in [1.165, 1.54) is 6.07 Å². The van der Waals surface area contributed by atoms with Crippen molar-refractivity contribution in [3.05, 3.63) is 38.3 Å². The number of nitro groups is 1. The fraction of sp³-hybridized carbons (Fsp3) is 0.400. The van der Waals surface area contributed by atoms with Gasteiger partial charge in [0.1, 0.15) is 0 Å². The van der Waals surface area contributed by atoms with Crippen molar-refractivity contribution in [1.29, 1.82) is 0 Å². The van der Waals surface area contributed by atoms with E-state index in [1.807, 2.05) is 0 Å². The van der Waals surface area contributed by atoms with Gasteiger partial charge < -0.3 is 10.4 Å². The number of nitro benzene ring substituents is 1. The molecule has 0 aliphatic carbocycles. The van der Waals surface area contributed by atoms with Gasteiger partial charge in [-0.1, -0.05) is 15.9 Å². The molecule has 1 aromatic rings. The van der Waals surface area contributed by atoms with Gasteiger partial charge in [-0.3, -0.25) is 10.1 Å². The Bertz CT molecular complexity index is 382. The maximum Gasteiger partial charge on any atom is 0.275 e. The Morgan fingerprint density at radius 3 is 2.88 bits per heavy atom. The van der Waals surface area contributed by atoms with Gasteiger partial charge in [-0.05, 0) is 19.1 Å². The second-order valence-electron chi connectivity index (χ2n) is 3.51. The summed E-state index contributed by atoms with van der Waals surface area (Å²) in [5, 5.41) is 22.8. The third-order valence-electron chi connectivity index (χ3n) is 2.00. The molecule has 0 fully saturated rings. The molecule has 0 aliphatic heterocycles. The summed E-state index contributed by atoms with van der Waals surface area (Å²) in [6.07, 6.45) is -0.463. The van der Waals surface area contributed by atoms with E-state index in [-0.39, 0.29) is 5.69 Å². The summed E-state index contributed by atoms with van der Waals surface area (Å²) < 4.78 is 0.679. The standard InChI is InChI=1S/C10H13BrN2O3/c1-7(14)5-12-6-8-2-3-9(11)4-10(8)13(15)16/h2-4,7,12,14H,5-6H2,1H3. The van der Waals surface area contributed by atoms with E-state index >= 15 is 0 Å². The number of benzene rings is 1. The summed E-state index contributed by atoms with van der Waals surface area (Å²) in [6.45, 7) is 2.44. The van der Waals surface area contributed by atoms with Crippen LogP contribution >= 0.6 is 15.9 Å². The molecule has 1 unspecified atom stereocenters. The molecule has 0 radical (unpaired) electrons. The summed E-state index contributed by atoms with van der Waals surface area (Å²) in [4.78, 5) is 10.4. The van der Waals surface area contributed by atoms with Crippen molar-refractivity contribution >= 4 is 21.6 Å². The lowest BCUT2D eigenvalue weighted by Gasteiger charge is -2.07. The molecular weight excluding hydrogens is 276 g/mol. The van der Waals surface area contributed by atoms with E-state index in [0.717, 1.165) is 0 Å². The van der Waals surface area contributed by atoms with Gasteiger partial charge in [0.2, 0.25) is 0 Å². The predicted molar refractivity (Wildman–Crippen MR) is 64.2 cm³/mol. The zero-order valence-corrected chi connectivity index (χ0v) is 10.4. The van der Waals surface area contributed by atoms with Crippen molar-refractivity contribution in [2.75, 3.05) is 6.54 Å². The van der Waals surface area contributed by atoms with Crippen LogP contribution in [0.25, 0.3) is 0 Å². The molecule has 0 saturated heterocycles. The van der Waals surface area contributed by atoms with Crippen LogP contribution in [-0.4, -0.2) is 22.7 Å². The topological polar surface area (TPSA) is 75.4 Å². The molecule has 16 heavy (non-hydrogen) atoms. The minimum atomic E-state index is -0.463. The molecule has 1 atom stereocenters. The number of nitrogens with one attached hydrogen (secondary N) is 1. The zero-order valence-electron chi connectivity index (χ0n) is 8.81. The lowest BCUT2D eigenvalue weighted by Crippen LogP contribution is -2.24. The minimum absolute atomic E-state index is 0.0764. The van der Waals surface area contributed by atoms with Crippen molar-refractivity contribution in [3.63, 3.8) is 0 Å². The summed E-state index contributed by atoms with van der Waals surface area (Å²) >= 11 is 3.19. The van der Waals surface area contributed by atoms with Gasteiger partial charge in [-0.2, -0.15) is 0 Å². The second-order valence-corrected chi connectivity index (χ2v) is 4.43. The maximum absolute atomic E-state index is 10.8. The number of nitrogens with zero attached hydrogens (tertiary/aromatic N) is 1. The van der Waals surface area contributed by atoms with Crippen LogP contribution in [0.3, 0.4) is 0 Å². The van der Waals surface area contributed by atoms with Crippen molar-refractivity contribution in [3.8, 4) is 0 Å². The van der Waals surface area contributed by atoms with Crippen LogP contribution in [0.4, 0.5) is 5.69 Å². The Morgan fingerprint density at radius 2 is 2.31 bits per heavy atom. The molecule has 0 amide bonds. The smallest absolute Gasteiger partial charge is 0.275 e. The van der Waals surface area contributed by atoms with E-state index in [2.05, 4.69) is 21.2 Å². The number of rotatable bonds is 5. The van der Waals surface area contributed by atoms with E-state index in [0.29, 0.717) is 23.1 Å². The summed E-state index contributed by atoms with van der Waals surface area (Å²) in [5.74, 6) is 0. The Hall–Kier alpha value is -0.980. The molecule has 0 aliphatic rings. The first kappa shape index (κ1) is 13.1. The highest BCUT2D eigenvalue weighted by molar-refractivity contribution is 9.10. The number of halogens is 1. The van der Waals surface area contributed by atoms with Crippen molar-refractivity contribution in [2.24, 2.45) is 0 Å². The van der Waals surface area contributed by atoms with Crippen LogP contribution in [0.5, 0.6) is 0 Å². The molecule has 0 spiro atoms. The quantitative estimate of drug-likeness (QED) is 0.640. The normalized spacial score (nSPS) is 12.4. The number of aliphatic hydroxyl groups is 1. The largest absolute Gasteiger partial charge is 0.392 e. The third-order valence-corrected chi connectivity index (χ3v) is 2.49. The molecule has 0 heterocycles. The van der Waals surface area contributed by atoms with Crippen LogP contribution in [-0.2, 0) is 6.54 Å². The van der Waals surface area contributed by atoms with Gasteiger partial charge >= 0.3 is 0 Å². The molecule has 1 aromatic carbocycles. The van der Waals surface area contributed by atoms with Gasteiger partial charge in [0.05, 0.1) is 11.0 Å². The van der Waals surface area contributed by atoms with Crippen LogP contribution < -0.4 is 5.32 Å². The number of aliphatic hydroxyl groups excluding tert-OH is 1. The van der Waals surface area contributed by atoms with Gasteiger partial charge in [0.15, 0.2) is 0 Å². The van der Waals surface area contributed by atoms with Gasteiger partial charge in [-0.25, -0.2) is 0 Å². The van der Waals surface area contributed by atoms with E-state index in [4.69, 9.17) is 5.11 Å². The predicted octanol–water partition coefficient (Wildman–Crippen LogP) is 1.83. The summed E-state index contributed by atoms with van der Waals surface area (Å²) in [7, 11) is 0. The zero-order chi connectivity index (χ0) is 12.1. The fourth-order valence-electron chi connectivity index (χ4n) is 1.27. The van der Waals surface area contributed by atoms with Crippen molar-refractivity contribution in [2.45, 2.75) is 19.6 Å². The molecule has 0 saturated carbocycles. The average molecular weight is 289 g/mol. The first-order chi connectivity index (χ1) is 7.50. The summed E-state index contributed by atoms with van der Waals surface area (Å²) in [6, 6.07) is 4.92. The van der Waals surface area contributed by atoms with Crippen LogP contribution in [0.15, 0.2) is 22.7 Å². The maximum atomic E-state index is 10.8. The fourth-order valence-corrected chi connectivity index (χ4v) is 1.62. The summed E-state index contributed by atoms with van der Waals surface area (Å²) in [5.41, 5.74) is 0.682. The highest BCUT2D eigenvalue weighted by Crippen LogP contribution is 2.23.